The molecule has 7 heteroatoms. The fourth-order valence-corrected chi connectivity index (χ4v) is 4.03. The van der Waals surface area contributed by atoms with Gasteiger partial charge in [-0.1, -0.05) is 24.3 Å². The van der Waals surface area contributed by atoms with Gasteiger partial charge in [-0.25, -0.2) is 17.5 Å². The Balaban J connectivity index is 1.82. The van der Waals surface area contributed by atoms with Gasteiger partial charge in [0, 0.05) is 19.1 Å². The highest BCUT2D eigenvalue weighted by Gasteiger charge is 2.26. The maximum atomic E-state index is 13.0. The van der Waals surface area contributed by atoms with E-state index in [1.165, 1.54) is 23.1 Å². The summed E-state index contributed by atoms with van der Waals surface area (Å²) in [7, 11) is -3.67. The highest BCUT2D eigenvalue weighted by molar-refractivity contribution is 7.89. The molecule has 0 saturated carbocycles. The van der Waals surface area contributed by atoms with Crippen LogP contribution in [0.2, 0.25) is 0 Å². The molecule has 2 aromatic rings. The van der Waals surface area contributed by atoms with Gasteiger partial charge in [-0.2, -0.15) is 5.26 Å². The predicted octanol–water partition coefficient (Wildman–Crippen LogP) is 2.33. The maximum Gasteiger partial charge on any atom is 0.240 e. The third-order valence-electron chi connectivity index (χ3n) is 3.97. The summed E-state index contributed by atoms with van der Waals surface area (Å²) in [5, 5.41) is 8.85. The Hall–Kier alpha value is -2.43. The van der Waals surface area contributed by atoms with E-state index in [1.807, 2.05) is 6.19 Å². The Morgan fingerprint density at radius 2 is 1.92 bits per heavy atom. The number of nitrogens with one attached hydrogen (secondary N) is 1. The Kier molecular flexibility index (Phi) is 4.51. The smallest absolute Gasteiger partial charge is 0.240 e. The van der Waals surface area contributed by atoms with E-state index in [9.17, 15) is 12.8 Å². The largest absolute Gasteiger partial charge is 0.309 e. The first kappa shape index (κ1) is 16.4. The molecule has 1 heterocycles. The molecule has 124 valence electrons. The minimum absolute atomic E-state index is 0.153. The third-order valence-corrected chi connectivity index (χ3v) is 5.49. The monoisotopic (exact) mass is 345 g/mol. The Bertz CT molecular complexity index is 875. The summed E-state index contributed by atoms with van der Waals surface area (Å²) in [6, 6.07) is 12.1. The van der Waals surface area contributed by atoms with E-state index < -0.39 is 10.0 Å². The van der Waals surface area contributed by atoms with Crippen LogP contribution in [0.4, 0.5) is 4.39 Å². The van der Waals surface area contributed by atoms with E-state index in [0.29, 0.717) is 25.1 Å². The van der Waals surface area contributed by atoms with Crippen LogP contribution in [-0.2, 0) is 10.0 Å². The van der Waals surface area contributed by atoms with Crippen molar-refractivity contribution in [3.8, 4) is 17.3 Å². The van der Waals surface area contributed by atoms with Crippen molar-refractivity contribution >= 4 is 10.0 Å². The minimum atomic E-state index is -3.67. The summed E-state index contributed by atoms with van der Waals surface area (Å²) < 4.78 is 40.8. The van der Waals surface area contributed by atoms with Crippen LogP contribution < -0.4 is 4.72 Å². The van der Waals surface area contributed by atoms with E-state index in [-0.39, 0.29) is 16.8 Å². The number of likely N-dealkylation sites (tertiary alicyclic amines) is 1. The second-order valence-corrected chi connectivity index (χ2v) is 7.40. The molecule has 1 unspecified atom stereocenters. The average Bonchev–Trinajstić information content (AvgIpc) is 3.02. The molecule has 3 rings (SSSR count). The lowest BCUT2D eigenvalue weighted by Crippen LogP contribution is -2.36. The maximum absolute atomic E-state index is 13.0. The number of nitrogens with zero attached hydrogens (tertiary/aromatic N) is 2. The molecule has 1 saturated heterocycles. The molecule has 1 fully saturated rings. The van der Waals surface area contributed by atoms with E-state index in [2.05, 4.69) is 4.72 Å². The Morgan fingerprint density at radius 1 is 1.17 bits per heavy atom. The molecular weight excluding hydrogens is 329 g/mol. The first-order valence-corrected chi connectivity index (χ1v) is 8.99. The number of hydrogen-bond donors (Lipinski definition) is 1. The molecule has 1 aliphatic heterocycles. The van der Waals surface area contributed by atoms with Gasteiger partial charge in [0.25, 0.3) is 0 Å². The Labute approximate surface area is 140 Å². The lowest BCUT2D eigenvalue weighted by molar-refractivity contribution is 0.470. The van der Waals surface area contributed by atoms with Gasteiger partial charge >= 0.3 is 0 Å². The molecular formula is C17H16FN3O2S. The molecule has 0 aliphatic carbocycles. The van der Waals surface area contributed by atoms with Gasteiger partial charge in [0.2, 0.25) is 10.0 Å². The quantitative estimate of drug-likeness (QED) is 0.863. The van der Waals surface area contributed by atoms with E-state index in [0.717, 1.165) is 5.56 Å². The summed E-state index contributed by atoms with van der Waals surface area (Å²) in [5.41, 5.74) is 1.44. The molecule has 1 aliphatic rings. The summed E-state index contributed by atoms with van der Waals surface area (Å²) in [5.74, 6) is -0.340. The first-order chi connectivity index (χ1) is 11.5. The van der Waals surface area contributed by atoms with Crippen molar-refractivity contribution in [1.29, 1.82) is 5.26 Å². The number of sulfonamides is 1. The standard InChI is InChI=1S/C17H16FN3O2S/c18-15-6-4-13(5-7-15)14-2-1-3-17(10-14)24(22,23)20-16-8-9-21(11-16)12-19/h1-7,10,16,20H,8-9,11H2. The first-order valence-electron chi connectivity index (χ1n) is 7.51. The van der Waals surface area contributed by atoms with Gasteiger partial charge in [0.05, 0.1) is 4.90 Å². The number of rotatable bonds is 4. The van der Waals surface area contributed by atoms with Gasteiger partial charge in [-0.3, -0.25) is 0 Å². The molecule has 1 atom stereocenters. The summed E-state index contributed by atoms with van der Waals surface area (Å²) in [6.07, 6.45) is 2.62. The number of nitriles is 1. The topological polar surface area (TPSA) is 73.2 Å². The van der Waals surface area contributed by atoms with Gasteiger partial charge in [0.1, 0.15) is 5.82 Å². The van der Waals surface area contributed by atoms with Crippen molar-refractivity contribution in [3.05, 3.63) is 54.3 Å². The van der Waals surface area contributed by atoms with Crippen LogP contribution in [0.1, 0.15) is 6.42 Å². The summed E-state index contributed by atoms with van der Waals surface area (Å²) in [6.45, 7) is 0.937. The second-order valence-electron chi connectivity index (χ2n) is 5.69. The van der Waals surface area contributed by atoms with Crippen LogP contribution in [0, 0.1) is 17.3 Å². The predicted molar refractivity (Wildman–Crippen MR) is 87.7 cm³/mol. The van der Waals surface area contributed by atoms with Gasteiger partial charge in [-0.15, -0.1) is 0 Å². The number of halogens is 1. The minimum Gasteiger partial charge on any atom is -0.309 e. The molecule has 2 aromatic carbocycles. The zero-order valence-electron chi connectivity index (χ0n) is 12.8. The summed E-state index contributed by atoms with van der Waals surface area (Å²) in [4.78, 5) is 1.68. The van der Waals surface area contributed by atoms with E-state index in [1.54, 1.807) is 30.3 Å². The number of benzene rings is 2. The molecule has 1 N–H and O–H groups in total. The fraction of sp³-hybridized carbons (Fsp3) is 0.235. The Morgan fingerprint density at radius 3 is 2.58 bits per heavy atom. The van der Waals surface area contributed by atoms with Gasteiger partial charge in [-0.05, 0) is 41.8 Å². The summed E-state index contributed by atoms with van der Waals surface area (Å²) >= 11 is 0. The van der Waals surface area contributed by atoms with Crippen LogP contribution in [0.15, 0.2) is 53.4 Å². The molecule has 0 radical (unpaired) electrons. The molecule has 5 nitrogen and oxygen atoms in total. The molecule has 0 aromatic heterocycles. The van der Waals surface area contributed by atoms with Gasteiger partial charge < -0.3 is 4.90 Å². The van der Waals surface area contributed by atoms with Crippen molar-refractivity contribution in [3.63, 3.8) is 0 Å². The van der Waals surface area contributed by atoms with Crippen LogP contribution in [-0.4, -0.2) is 32.4 Å². The van der Waals surface area contributed by atoms with Crippen LogP contribution in [0.5, 0.6) is 0 Å². The molecule has 0 amide bonds. The lowest BCUT2D eigenvalue weighted by atomic mass is 10.1. The van der Waals surface area contributed by atoms with Crippen molar-refractivity contribution in [2.45, 2.75) is 17.4 Å². The number of hydrogen-bond acceptors (Lipinski definition) is 4. The zero-order valence-corrected chi connectivity index (χ0v) is 13.6. The van der Waals surface area contributed by atoms with E-state index >= 15 is 0 Å². The molecule has 24 heavy (non-hydrogen) atoms. The van der Waals surface area contributed by atoms with Crippen molar-refractivity contribution in [2.24, 2.45) is 0 Å². The highest BCUT2D eigenvalue weighted by atomic mass is 32.2. The van der Waals surface area contributed by atoms with Crippen molar-refractivity contribution in [2.75, 3.05) is 13.1 Å². The third kappa shape index (κ3) is 3.55. The normalized spacial score (nSPS) is 17.7. The molecule has 0 spiro atoms. The fourth-order valence-electron chi connectivity index (χ4n) is 2.72. The zero-order chi connectivity index (χ0) is 17.2. The lowest BCUT2D eigenvalue weighted by Gasteiger charge is -2.13. The van der Waals surface area contributed by atoms with Crippen LogP contribution in [0.25, 0.3) is 11.1 Å². The average molecular weight is 345 g/mol. The molecule has 0 bridgehead atoms. The van der Waals surface area contributed by atoms with Gasteiger partial charge in [0.15, 0.2) is 6.19 Å². The second kappa shape index (κ2) is 6.59. The highest BCUT2D eigenvalue weighted by Crippen LogP contribution is 2.23. The van der Waals surface area contributed by atoms with E-state index in [4.69, 9.17) is 5.26 Å². The van der Waals surface area contributed by atoms with Crippen LogP contribution >= 0.6 is 0 Å². The SMILES string of the molecule is N#CN1CCC(NS(=O)(=O)c2cccc(-c3ccc(F)cc3)c2)C1. The van der Waals surface area contributed by atoms with Crippen LogP contribution in [0.3, 0.4) is 0 Å². The van der Waals surface area contributed by atoms with Crippen molar-refractivity contribution in [1.82, 2.24) is 9.62 Å². The van der Waals surface area contributed by atoms with Crippen molar-refractivity contribution < 1.29 is 12.8 Å².